The summed E-state index contributed by atoms with van der Waals surface area (Å²) in [6.45, 7) is 0.468. The Morgan fingerprint density at radius 2 is 1.83 bits per heavy atom. The summed E-state index contributed by atoms with van der Waals surface area (Å²) in [6.07, 6.45) is 1.74. The molecule has 13 heteroatoms. The molecule has 3 heterocycles. The van der Waals surface area contributed by atoms with Crippen molar-refractivity contribution < 1.29 is 22.6 Å². The quantitative estimate of drug-likeness (QED) is 0.357. The molecule has 182 valence electrons. The molecule has 0 aliphatic carbocycles. The summed E-state index contributed by atoms with van der Waals surface area (Å²) in [6, 6.07) is 6.93. The average molecular weight is 507 g/mol. The van der Waals surface area contributed by atoms with E-state index in [0.29, 0.717) is 6.42 Å². The van der Waals surface area contributed by atoms with E-state index in [9.17, 15) is 18.0 Å². The molecular formula is C22H18ClF3N6O3. The molecule has 0 amide bonds. The van der Waals surface area contributed by atoms with E-state index in [4.69, 9.17) is 21.1 Å². The number of halogens is 4. The Morgan fingerprint density at radius 3 is 2.51 bits per heavy atom. The number of aryl methyl sites for hydroxylation is 1. The van der Waals surface area contributed by atoms with Gasteiger partial charge in [0.25, 0.3) is 0 Å². The van der Waals surface area contributed by atoms with Crippen LogP contribution in [0, 0.1) is 0 Å². The molecule has 0 aliphatic rings. The number of benzene rings is 1. The van der Waals surface area contributed by atoms with E-state index in [1.165, 1.54) is 10.8 Å². The van der Waals surface area contributed by atoms with Gasteiger partial charge < -0.3 is 9.47 Å². The third kappa shape index (κ3) is 6.35. The Kier molecular flexibility index (Phi) is 7.01. The number of nitrogens with zero attached hydrogens (tertiary/aromatic N) is 6. The predicted molar refractivity (Wildman–Crippen MR) is 119 cm³/mol. The molecule has 3 aromatic heterocycles. The summed E-state index contributed by atoms with van der Waals surface area (Å²) in [5, 5.41) is 4.25. The molecule has 9 nitrogen and oxygen atoms in total. The zero-order valence-electron chi connectivity index (χ0n) is 18.2. The molecule has 1 aromatic carbocycles. The largest absolute Gasteiger partial charge is 0.476 e. The van der Waals surface area contributed by atoms with Gasteiger partial charge in [0.15, 0.2) is 5.69 Å². The maximum atomic E-state index is 12.8. The standard InChI is InChI=1S/C22H18ClF3N6O3/c1-31-11-15(10-28-31)12-32-13-17(23)19(30-21(32)33)34-9-7-14-2-4-16(5-3-14)35-20-27-8-6-18(29-20)22(24,25)26/h2-6,8,10-11,13H,7,9,12H2,1H3. The van der Waals surface area contributed by atoms with Crippen molar-refractivity contribution in [1.82, 2.24) is 29.3 Å². The molecule has 0 saturated carbocycles. The van der Waals surface area contributed by atoms with E-state index in [2.05, 4.69) is 20.1 Å². The van der Waals surface area contributed by atoms with Gasteiger partial charge in [-0.2, -0.15) is 28.2 Å². The first-order chi connectivity index (χ1) is 16.7. The molecule has 35 heavy (non-hydrogen) atoms. The number of ether oxygens (including phenoxy) is 2. The minimum Gasteiger partial charge on any atom is -0.476 e. The maximum absolute atomic E-state index is 12.8. The lowest BCUT2D eigenvalue weighted by atomic mass is 10.1. The number of hydrogen-bond donors (Lipinski definition) is 0. The highest BCUT2D eigenvalue weighted by Gasteiger charge is 2.33. The monoisotopic (exact) mass is 506 g/mol. The normalized spacial score (nSPS) is 11.5. The zero-order valence-corrected chi connectivity index (χ0v) is 19.0. The van der Waals surface area contributed by atoms with Crippen molar-refractivity contribution in [2.24, 2.45) is 7.05 Å². The van der Waals surface area contributed by atoms with Crippen molar-refractivity contribution in [3.8, 4) is 17.6 Å². The molecule has 0 radical (unpaired) electrons. The SMILES string of the molecule is Cn1cc(Cn2cc(Cl)c(OCCc3ccc(Oc4nccc(C(F)(F)F)n4)cc3)nc2=O)cn1. The van der Waals surface area contributed by atoms with Gasteiger partial charge in [0.1, 0.15) is 10.8 Å². The smallest absolute Gasteiger partial charge is 0.433 e. The van der Waals surface area contributed by atoms with Crippen LogP contribution in [0.25, 0.3) is 0 Å². The van der Waals surface area contributed by atoms with Crippen molar-refractivity contribution in [3.05, 3.63) is 87.4 Å². The molecule has 0 N–H and O–H groups in total. The van der Waals surface area contributed by atoms with E-state index in [1.54, 1.807) is 48.4 Å². The summed E-state index contributed by atoms with van der Waals surface area (Å²) >= 11 is 6.22. The first-order valence-corrected chi connectivity index (χ1v) is 10.6. The predicted octanol–water partition coefficient (Wildman–Crippen LogP) is 3.90. The first-order valence-electron chi connectivity index (χ1n) is 10.2. The summed E-state index contributed by atoms with van der Waals surface area (Å²) in [5.74, 6) is 0.302. The van der Waals surface area contributed by atoms with Gasteiger partial charge in [0.05, 0.1) is 19.3 Å². The number of rotatable bonds is 8. The lowest BCUT2D eigenvalue weighted by molar-refractivity contribution is -0.141. The van der Waals surface area contributed by atoms with Crippen LogP contribution in [0.5, 0.6) is 17.6 Å². The summed E-state index contributed by atoms with van der Waals surface area (Å²) in [5.41, 5.74) is 0.0800. The molecule has 0 bridgehead atoms. The Labute approximate surface area is 201 Å². The topological polar surface area (TPSA) is 97.0 Å². The highest BCUT2D eigenvalue weighted by atomic mass is 35.5. The van der Waals surface area contributed by atoms with Crippen LogP contribution in [0.2, 0.25) is 5.02 Å². The van der Waals surface area contributed by atoms with Gasteiger partial charge in [0, 0.05) is 37.6 Å². The van der Waals surface area contributed by atoms with E-state index in [0.717, 1.165) is 23.4 Å². The van der Waals surface area contributed by atoms with E-state index in [-0.39, 0.29) is 29.8 Å². The molecule has 0 saturated heterocycles. The molecule has 4 aromatic rings. The van der Waals surface area contributed by atoms with E-state index >= 15 is 0 Å². The maximum Gasteiger partial charge on any atom is 0.433 e. The Morgan fingerprint density at radius 1 is 1.06 bits per heavy atom. The highest BCUT2D eigenvalue weighted by molar-refractivity contribution is 6.31. The van der Waals surface area contributed by atoms with Crippen LogP contribution in [-0.4, -0.2) is 35.9 Å². The van der Waals surface area contributed by atoms with Crippen molar-refractivity contribution in [2.45, 2.75) is 19.1 Å². The van der Waals surface area contributed by atoms with Gasteiger partial charge in [-0.15, -0.1) is 0 Å². The lowest BCUT2D eigenvalue weighted by Gasteiger charge is -2.10. The molecule has 0 fully saturated rings. The molecular weight excluding hydrogens is 489 g/mol. The molecule has 0 aliphatic heterocycles. The first kappa shape index (κ1) is 24.2. The van der Waals surface area contributed by atoms with Gasteiger partial charge in [-0.3, -0.25) is 9.25 Å². The molecule has 0 spiro atoms. The van der Waals surface area contributed by atoms with Crippen molar-refractivity contribution in [3.63, 3.8) is 0 Å². The third-order valence-electron chi connectivity index (χ3n) is 4.71. The minimum atomic E-state index is -4.59. The van der Waals surface area contributed by atoms with Crippen LogP contribution in [-0.2, 0) is 26.2 Å². The summed E-state index contributed by atoms with van der Waals surface area (Å²) in [7, 11) is 1.78. The third-order valence-corrected chi connectivity index (χ3v) is 4.97. The van der Waals surface area contributed by atoms with Crippen LogP contribution in [0.15, 0.2) is 59.9 Å². The zero-order chi connectivity index (χ0) is 25.0. The fourth-order valence-electron chi connectivity index (χ4n) is 3.06. The fraction of sp³-hybridized carbons (Fsp3) is 0.227. The molecule has 0 unspecified atom stereocenters. The number of hydrogen-bond acceptors (Lipinski definition) is 7. The lowest BCUT2D eigenvalue weighted by Crippen LogP contribution is -2.24. The van der Waals surface area contributed by atoms with E-state index < -0.39 is 23.6 Å². The van der Waals surface area contributed by atoms with Gasteiger partial charge in [0.2, 0.25) is 5.88 Å². The van der Waals surface area contributed by atoms with Gasteiger partial charge in [-0.05, 0) is 23.8 Å². The fourth-order valence-corrected chi connectivity index (χ4v) is 3.27. The van der Waals surface area contributed by atoms with Gasteiger partial charge in [-0.25, -0.2) is 9.78 Å². The average Bonchev–Trinajstić information content (AvgIpc) is 3.22. The number of aromatic nitrogens is 6. The van der Waals surface area contributed by atoms with Crippen LogP contribution in [0.4, 0.5) is 13.2 Å². The van der Waals surface area contributed by atoms with E-state index in [1.807, 2.05) is 0 Å². The summed E-state index contributed by atoms with van der Waals surface area (Å²) in [4.78, 5) is 23.3. The van der Waals surface area contributed by atoms with Crippen LogP contribution in [0.3, 0.4) is 0 Å². The van der Waals surface area contributed by atoms with Gasteiger partial charge in [-0.1, -0.05) is 23.7 Å². The van der Waals surface area contributed by atoms with Crippen molar-refractivity contribution >= 4 is 11.6 Å². The summed E-state index contributed by atoms with van der Waals surface area (Å²) < 4.78 is 52.2. The Balaban J connectivity index is 1.32. The van der Waals surface area contributed by atoms with Crippen LogP contribution >= 0.6 is 11.6 Å². The van der Waals surface area contributed by atoms with Crippen molar-refractivity contribution in [2.75, 3.05) is 6.61 Å². The highest BCUT2D eigenvalue weighted by Crippen LogP contribution is 2.29. The number of alkyl halides is 3. The second-order valence-electron chi connectivity index (χ2n) is 7.39. The van der Waals surface area contributed by atoms with Crippen LogP contribution in [0.1, 0.15) is 16.8 Å². The molecule has 0 atom stereocenters. The van der Waals surface area contributed by atoms with Gasteiger partial charge >= 0.3 is 17.9 Å². The van der Waals surface area contributed by atoms with Crippen LogP contribution < -0.4 is 15.2 Å². The minimum absolute atomic E-state index is 0.0285. The second-order valence-corrected chi connectivity index (χ2v) is 7.80. The Hall–Kier alpha value is -3.93. The second kappa shape index (κ2) is 10.1. The molecule has 4 rings (SSSR count). The Bertz CT molecular complexity index is 1370. The van der Waals surface area contributed by atoms with Crippen molar-refractivity contribution in [1.29, 1.82) is 0 Å².